The number of hydrogen-bond donors (Lipinski definition) is 0. The first-order chi connectivity index (χ1) is 7.75. The predicted octanol–water partition coefficient (Wildman–Crippen LogP) is 3.67. The highest BCUT2D eigenvalue weighted by Gasteiger charge is 2.11. The van der Waals surface area contributed by atoms with Gasteiger partial charge in [-0.2, -0.15) is 0 Å². The second-order valence-corrected chi connectivity index (χ2v) is 4.41. The zero-order chi connectivity index (χ0) is 11.1. The molecule has 0 atom stereocenters. The number of furan rings is 1. The first kappa shape index (κ1) is 9.66. The van der Waals surface area contributed by atoms with Crippen molar-refractivity contribution in [3.8, 4) is 11.6 Å². The van der Waals surface area contributed by atoms with E-state index in [0.717, 1.165) is 27.5 Å². The maximum absolute atomic E-state index is 5.59. The molecule has 0 saturated carbocycles. The van der Waals surface area contributed by atoms with Crippen molar-refractivity contribution in [1.29, 1.82) is 0 Å². The molecule has 0 fully saturated rings. The average Bonchev–Trinajstić information content (AvgIpc) is 2.84. The molecular weight excluding hydrogens is 268 g/mol. The summed E-state index contributed by atoms with van der Waals surface area (Å²) in [4.78, 5) is 4.38. The monoisotopic (exact) mass is 276 g/mol. The van der Waals surface area contributed by atoms with Gasteiger partial charge in [-0.3, -0.25) is 4.40 Å². The molecule has 3 heterocycles. The van der Waals surface area contributed by atoms with E-state index in [2.05, 4.69) is 20.9 Å². The zero-order valence-corrected chi connectivity index (χ0v) is 10.2. The van der Waals surface area contributed by atoms with Crippen molar-refractivity contribution in [3.63, 3.8) is 0 Å². The number of nitrogens with zero attached hydrogens (tertiary/aromatic N) is 2. The summed E-state index contributed by atoms with van der Waals surface area (Å²) in [6.07, 6.45) is 1.83. The van der Waals surface area contributed by atoms with E-state index in [0.29, 0.717) is 0 Å². The molecule has 3 nitrogen and oxygen atoms in total. The molecule has 4 heteroatoms. The van der Waals surface area contributed by atoms with Gasteiger partial charge in [-0.25, -0.2) is 4.98 Å². The first-order valence-electron chi connectivity index (χ1n) is 4.94. The maximum atomic E-state index is 5.59. The first-order valence-corrected chi connectivity index (χ1v) is 5.74. The minimum atomic E-state index is 0.782. The van der Waals surface area contributed by atoms with Crippen molar-refractivity contribution in [1.82, 2.24) is 9.38 Å². The topological polar surface area (TPSA) is 30.4 Å². The molecule has 0 amide bonds. The Bertz CT molecular complexity index is 654. The highest BCUT2D eigenvalue weighted by molar-refractivity contribution is 9.10. The van der Waals surface area contributed by atoms with Crippen molar-refractivity contribution in [3.05, 3.63) is 46.9 Å². The molecule has 0 N–H and O–H groups in total. The SMILES string of the molecule is Cc1ccc(-c2ncc3cccc(Br)n23)o1. The minimum absolute atomic E-state index is 0.782. The average molecular weight is 277 g/mol. The molecule has 3 aromatic rings. The number of aryl methyl sites for hydroxylation is 1. The summed E-state index contributed by atoms with van der Waals surface area (Å²) in [6, 6.07) is 9.85. The second kappa shape index (κ2) is 3.49. The van der Waals surface area contributed by atoms with Crippen LogP contribution in [0.3, 0.4) is 0 Å². The van der Waals surface area contributed by atoms with E-state index in [1.54, 1.807) is 0 Å². The van der Waals surface area contributed by atoms with Crippen LogP contribution in [-0.4, -0.2) is 9.38 Å². The van der Waals surface area contributed by atoms with Gasteiger partial charge in [-0.1, -0.05) is 6.07 Å². The second-order valence-electron chi connectivity index (χ2n) is 3.60. The lowest BCUT2D eigenvalue weighted by atomic mass is 10.4. The number of fused-ring (bicyclic) bond motifs is 1. The summed E-state index contributed by atoms with van der Waals surface area (Å²) in [5.74, 6) is 2.48. The largest absolute Gasteiger partial charge is 0.458 e. The maximum Gasteiger partial charge on any atom is 0.181 e. The third-order valence-electron chi connectivity index (χ3n) is 2.46. The van der Waals surface area contributed by atoms with E-state index in [1.807, 2.05) is 47.9 Å². The number of halogens is 1. The fraction of sp³-hybridized carbons (Fsp3) is 0.0833. The van der Waals surface area contributed by atoms with Gasteiger partial charge >= 0.3 is 0 Å². The molecule has 0 aliphatic heterocycles. The van der Waals surface area contributed by atoms with Crippen LogP contribution < -0.4 is 0 Å². The summed E-state index contributed by atoms with van der Waals surface area (Å²) in [5, 5.41) is 0. The fourth-order valence-electron chi connectivity index (χ4n) is 1.74. The Morgan fingerprint density at radius 2 is 2.12 bits per heavy atom. The van der Waals surface area contributed by atoms with Crippen LogP contribution in [0.15, 0.2) is 45.5 Å². The standard InChI is InChI=1S/C12H9BrN2O/c1-8-5-6-10(16-8)12-14-7-9-3-2-4-11(13)15(9)12/h2-7H,1H3. The third kappa shape index (κ3) is 1.38. The van der Waals surface area contributed by atoms with Crippen LogP contribution in [0.2, 0.25) is 0 Å². The lowest BCUT2D eigenvalue weighted by Gasteiger charge is -2.00. The molecule has 16 heavy (non-hydrogen) atoms. The molecule has 0 aliphatic carbocycles. The third-order valence-corrected chi connectivity index (χ3v) is 3.08. The van der Waals surface area contributed by atoms with Crippen LogP contribution in [0.1, 0.15) is 5.76 Å². The smallest absolute Gasteiger partial charge is 0.181 e. The van der Waals surface area contributed by atoms with Crippen LogP contribution in [0, 0.1) is 6.92 Å². The number of aromatic nitrogens is 2. The summed E-state index contributed by atoms with van der Waals surface area (Å²) < 4.78 is 8.56. The molecule has 0 aliphatic rings. The molecule has 0 spiro atoms. The zero-order valence-electron chi connectivity index (χ0n) is 8.64. The van der Waals surface area contributed by atoms with E-state index in [1.165, 1.54) is 0 Å². The quantitative estimate of drug-likeness (QED) is 0.635. The normalized spacial score (nSPS) is 11.1. The summed E-state index contributed by atoms with van der Waals surface area (Å²) >= 11 is 3.51. The Morgan fingerprint density at radius 3 is 2.88 bits per heavy atom. The predicted molar refractivity (Wildman–Crippen MR) is 65.3 cm³/mol. The fourth-order valence-corrected chi connectivity index (χ4v) is 2.26. The Labute approximate surface area is 101 Å². The van der Waals surface area contributed by atoms with Crippen LogP contribution in [0.5, 0.6) is 0 Å². The molecule has 80 valence electrons. The van der Waals surface area contributed by atoms with Crippen molar-refractivity contribution >= 4 is 21.4 Å². The summed E-state index contributed by atoms with van der Waals surface area (Å²) in [5.41, 5.74) is 1.04. The molecule has 3 aromatic heterocycles. The van der Waals surface area contributed by atoms with Crippen molar-refractivity contribution in [2.45, 2.75) is 6.92 Å². The Morgan fingerprint density at radius 1 is 1.25 bits per heavy atom. The van der Waals surface area contributed by atoms with E-state index in [4.69, 9.17) is 4.42 Å². The van der Waals surface area contributed by atoms with Crippen molar-refractivity contribution in [2.24, 2.45) is 0 Å². The lowest BCUT2D eigenvalue weighted by molar-refractivity contribution is 0.543. The Balaban J connectivity index is 2.32. The van der Waals surface area contributed by atoms with Crippen LogP contribution in [0.25, 0.3) is 17.1 Å². The van der Waals surface area contributed by atoms with Gasteiger partial charge in [0.1, 0.15) is 5.76 Å². The van der Waals surface area contributed by atoms with E-state index in [9.17, 15) is 0 Å². The summed E-state index contributed by atoms with van der Waals surface area (Å²) in [6.45, 7) is 1.92. The van der Waals surface area contributed by atoms with Gasteiger partial charge in [0.15, 0.2) is 11.6 Å². The number of hydrogen-bond acceptors (Lipinski definition) is 2. The van der Waals surface area contributed by atoms with Gasteiger partial charge in [-0.15, -0.1) is 0 Å². The minimum Gasteiger partial charge on any atom is -0.458 e. The number of pyridine rings is 1. The molecule has 0 unspecified atom stereocenters. The molecule has 3 rings (SSSR count). The van der Waals surface area contributed by atoms with Gasteiger partial charge in [0.25, 0.3) is 0 Å². The lowest BCUT2D eigenvalue weighted by Crippen LogP contribution is -1.89. The highest BCUT2D eigenvalue weighted by atomic mass is 79.9. The van der Waals surface area contributed by atoms with Crippen molar-refractivity contribution in [2.75, 3.05) is 0 Å². The van der Waals surface area contributed by atoms with Gasteiger partial charge in [-0.05, 0) is 47.1 Å². The van der Waals surface area contributed by atoms with E-state index in [-0.39, 0.29) is 0 Å². The number of rotatable bonds is 1. The van der Waals surface area contributed by atoms with Gasteiger partial charge in [0.05, 0.1) is 16.3 Å². The van der Waals surface area contributed by atoms with Crippen LogP contribution in [0.4, 0.5) is 0 Å². The highest BCUT2D eigenvalue weighted by Crippen LogP contribution is 2.25. The molecular formula is C12H9BrN2O. The molecule has 0 aromatic carbocycles. The molecule has 0 radical (unpaired) electrons. The van der Waals surface area contributed by atoms with Gasteiger partial charge in [0, 0.05) is 0 Å². The van der Waals surface area contributed by atoms with Crippen LogP contribution >= 0.6 is 15.9 Å². The Hall–Kier alpha value is -1.55. The Kier molecular flexibility index (Phi) is 2.11. The van der Waals surface area contributed by atoms with Crippen molar-refractivity contribution < 1.29 is 4.42 Å². The molecule has 0 bridgehead atoms. The van der Waals surface area contributed by atoms with Gasteiger partial charge in [0.2, 0.25) is 0 Å². The number of imidazole rings is 1. The molecule has 0 saturated heterocycles. The van der Waals surface area contributed by atoms with E-state index >= 15 is 0 Å². The summed E-state index contributed by atoms with van der Waals surface area (Å²) in [7, 11) is 0. The van der Waals surface area contributed by atoms with Gasteiger partial charge < -0.3 is 4.42 Å². The van der Waals surface area contributed by atoms with E-state index < -0.39 is 0 Å². The van der Waals surface area contributed by atoms with Crippen LogP contribution in [-0.2, 0) is 0 Å².